The summed E-state index contributed by atoms with van der Waals surface area (Å²) in [6.07, 6.45) is 4.80. The van der Waals surface area contributed by atoms with Gasteiger partial charge in [-0.3, -0.25) is 9.78 Å². The topological polar surface area (TPSA) is 64.1 Å². The molecule has 0 radical (unpaired) electrons. The van der Waals surface area contributed by atoms with Crippen LogP contribution >= 0.6 is 11.3 Å². The molecule has 0 saturated carbocycles. The number of methoxy groups -OCH3 is 1. The first-order valence-electron chi connectivity index (χ1n) is 7.41. The van der Waals surface area contributed by atoms with E-state index in [1.54, 1.807) is 24.6 Å². The predicted molar refractivity (Wildman–Crippen MR) is 87.8 cm³/mol. The number of aromatic nitrogens is 2. The van der Waals surface area contributed by atoms with Crippen LogP contribution in [0, 0.1) is 0 Å². The van der Waals surface area contributed by atoms with E-state index in [4.69, 9.17) is 4.74 Å². The summed E-state index contributed by atoms with van der Waals surface area (Å²) < 4.78 is 4.97. The number of ether oxygens (including phenoxy) is 1. The number of carbonyl (C=O) groups excluding carboxylic acids is 1. The van der Waals surface area contributed by atoms with Gasteiger partial charge in [-0.05, 0) is 31.4 Å². The summed E-state index contributed by atoms with van der Waals surface area (Å²) >= 11 is 1.56. The third kappa shape index (κ3) is 5.54. The van der Waals surface area contributed by atoms with Gasteiger partial charge in [0.1, 0.15) is 5.01 Å². The van der Waals surface area contributed by atoms with Crippen LogP contribution in [-0.4, -0.2) is 36.1 Å². The Morgan fingerprint density at radius 3 is 3.05 bits per heavy atom. The number of rotatable bonds is 9. The molecule has 2 heterocycles. The minimum Gasteiger partial charge on any atom is -0.385 e. The maximum atomic E-state index is 11.7. The van der Waals surface area contributed by atoms with Crippen molar-refractivity contribution in [1.29, 1.82) is 0 Å². The Balaban J connectivity index is 1.71. The Morgan fingerprint density at radius 1 is 1.36 bits per heavy atom. The summed E-state index contributed by atoms with van der Waals surface area (Å²) in [4.78, 5) is 20.6. The molecule has 1 N–H and O–H groups in total. The van der Waals surface area contributed by atoms with Crippen molar-refractivity contribution in [2.45, 2.75) is 25.7 Å². The van der Waals surface area contributed by atoms with Crippen molar-refractivity contribution in [3.63, 3.8) is 0 Å². The van der Waals surface area contributed by atoms with Crippen LogP contribution in [0.15, 0.2) is 29.8 Å². The molecule has 0 aliphatic rings. The molecule has 2 aromatic rings. The van der Waals surface area contributed by atoms with Gasteiger partial charge in [0, 0.05) is 38.3 Å². The molecular formula is C16H21N3O2S. The standard InChI is InChI=1S/C16H21N3O2S/c1-21-11-5-4-10-18-15(20)8-7-13-12-22-16(19-13)14-6-2-3-9-17-14/h2-3,6,9,12H,4-5,7-8,10-11H2,1H3,(H,18,20). The van der Waals surface area contributed by atoms with E-state index >= 15 is 0 Å². The molecule has 6 heteroatoms. The number of carbonyl (C=O) groups is 1. The number of pyridine rings is 1. The normalized spacial score (nSPS) is 10.6. The van der Waals surface area contributed by atoms with Gasteiger partial charge in [0.25, 0.3) is 0 Å². The van der Waals surface area contributed by atoms with Crippen LogP contribution in [0.5, 0.6) is 0 Å². The molecule has 22 heavy (non-hydrogen) atoms. The third-order valence-electron chi connectivity index (χ3n) is 3.14. The average molecular weight is 319 g/mol. The van der Waals surface area contributed by atoms with Crippen molar-refractivity contribution >= 4 is 17.2 Å². The van der Waals surface area contributed by atoms with E-state index in [9.17, 15) is 4.79 Å². The van der Waals surface area contributed by atoms with Crippen LogP contribution < -0.4 is 5.32 Å². The number of hydrogen-bond acceptors (Lipinski definition) is 5. The highest BCUT2D eigenvalue weighted by Gasteiger charge is 2.07. The van der Waals surface area contributed by atoms with Gasteiger partial charge in [0.05, 0.1) is 11.4 Å². The molecule has 0 spiro atoms. The number of hydrogen-bond donors (Lipinski definition) is 1. The molecule has 0 atom stereocenters. The second kappa shape index (κ2) is 9.27. The van der Waals surface area contributed by atoms with Gasteiger partial charge < -0.3 is 10.1 Å². The average Bonchev–Trinajstić information content (AvgIpc) is 3.02. The fourth-order valence-electron chi connectivity index (χ4n) is 1.96. The van der Waals surface area contributed by atoms with Gasteiger partial charge in [0.2, 0.25) is 5.91 Å². The minimum absolute atomic E-state index is 0.0739. The van der Waals surface area contributed by atoms with E-state index in [-0.39, 0.29) is 5.91 Å². The van der Waals surface area contributed by atoms with Crippen LogP contribution in [-0.2, 0) is 16.0 Å². The lowest BCUT2D eigenvalue weighted by Gasteiger charge is -2.04. The molecule has 0 bridgehead atoms. The quantitative estimate of drug-likeness (QED) is 0.722. The Hall–Kier alpha value is -1.79. The van der Waals surface area contributed by atoms with E-state index in [0.29, 0.717) is 19.4 Å². The highest BCUT2D eigenvalue weighted by atomic mass is 32.1. The maximum Gasteiger partial charge on any atom is 0.220 e. The highest BCUT2D eigenvalue weighted by Crippen LogP contribution is 2.21. The summed E-state index contributed by atoms with van der Waals surface area (Å²) in [5, 5.41) is 5.81. The Kier molecular flexibility index (Phi) is 6.99. The van der Waals surface area contributed by atoms with Crippen LogP contribution in [0.2, 0.25) is 0 Å². The van der Waals surface area contributed by atoms with Crippen molar-refractivity contribution in [3.05, 3.63) is 35.5 Å². The molecular weight excluding hydrogens is 298 g/mol. The van der Waals surface area contributed by atoms with Gasteiger partial charge in [-0.15, -0.1) is 11.3 Å². The zero-order valence-electron chi connectivity index (χ0n) is 12.7. The highest BCUT2D eigenvalue weighted by molar-refractivity contribution is 7.13. The summed E-state index contributed by atoms with van der Waals surface area (Å²) in [5.74, 6) is 0.0739. The monoisotopic (exact) mass is 319 g/mol. The maximum absolute atomic E-state index is 11.7. The lowest BCUT2D eigenvalue weighted by atomic mass is 10.2. The third-order valence-corrected chi connectivity index (χ3v) is 4.05. The molecule has 0 aromatic carbocycles. The fraction of sp³-hybridized carbons (Fsp3) is 0.438. The number of aryl methyl sites for hydroxylation is 1. The minimum atomic E-state index is 0.0739. The Labute approximate surface area is 134 Å². The molecule has 1 amide bonds. The van der Waals surface area contributed by atoms with Crippen molar-refractivity contribution in [3.8, 4) is 10.7 Å². The van der Waals surface area contributed by atoms with Gasteiger partial charge in [-0.1, -0.05) is 6.07 Å². The molecule has 0 unspecified atom stereocenters. The molecule has 118 valence electrons. The number of amides is 1. The molecule has 0 aliphatic carbocycles. The summed E-state index contributed by atoms with van der Waals surface area (Å²) in [7, 11) is 1.69. The van der Waals surface area contributed by atoms with Crippen molar-refractivity contribution in [2.24, 2.45) is 0 Å². The van der Waals surface area contributed by atoms with Crippen LogP contribution in [0.25, 0.3) is 10.7 Å². The fourth-order valence-corrected chi connectivity index (χ4v) is 2.79. The van der Waals surface area contributed by atoms with Gasteiger partial charge >= 0.3 is 0 Å². The number of nitrogens with zero attached hydrogens (tertiary/aromatic N) is 2. The first-order chi connectivity index (χ1) is 10.8. The molecule has 0 aliphatic heterocycles. The van der Waals surface area contributed by atoms with Crippen molar-refractivity contribution in [1.82, 2.24) is 15.3 Å². The van der Waals surface area contributed by atoms with E-state index in [1.165, 1.54) is 0 Å². The SMILES string of the molecule is COCCCCNC(=O)CCc1csc(-c2ccccn2)n1. The van der Waals surface area contributed by atoms with Crippen molar-refractivity contribution < 1.29 is 9.53 Å². The zero-order chi connectivity index (χ0) is 15.6. The lowest BCUT2D eigenvalue weighted by molar-refractivity contribution is -0.121. The molecule has 0 fully saturated rings. The number of unbranched alkanes of at least 4 members (excludes halogenated alkanes) is 1. The van der Waals surface area contributed by atoms with E-state index in [2.05, 4.69) is 15.3 Å². The first kappa shape index (κ1) is 16.6. The van der Waals surface area contributed by atoms with Gasteiger partial charge in [-0.25, -0.2) is 4.98 Å². The van der Waals surface area contributed by atoms with E-state index in [1.807, 2.05) is 23.6 Å². The van der Waals surface area contributed by atoms with Crippen LogP contribution in [0.3, 0.4) is 0 Å². The Morgan fingerprint density at radius 2 is 2.27 bits per heavy atom. The second-order valence-electron chi connectivity index (χ2n) is 4.91. The molecule has 2 aromatic heterocycles. The molecule has 2 rings (SSSR count). The first-order valence-corrected chi connectivity index (χ1v) is 8.29. The van der Waals surface area contributed by atoms with Crippen molar-refractivity contribution in [2.75, 3.05) is 20.3 Å². The van der Waals surface area contributed by atoms with E-state index < -0.39 is 0 Å². The molecule has 0 saturated heterocycles. The Bertz CT molecular complexity index is 572. The van der Waals surface area contributed by atoms with Gasteiger partial charge in [-0.2, -0.15) is 0 Å². The van der Waals surface area contributed by atoms with E-state index in [0.717, 1.165) is 35.8 Å². The van der Waals surface area contributed by atoms with Crippen LogP contribution in [0.4, 0.5) is 0 Å². The second-order valence-corrected chi connectivity index (χ2v) is 5.77. The number of nitrogens with one attached hydrogen (secondary N) is 1. The van der Waals surface area contributed by atoms with Crippen LogP contribution in [0.1, 0.15) is 25.0 Å². The molecule has 5 nitrogen and oxygen atoms in total. The lowest BCUT2D eigenvalue weighted by Crippen LogP contribution is -2.24. The largest absolute Gasteiger partial charge is 0.385 e. The number of thiazole rings is 1. The summed E-state index contributed by atoms with van der Waals surface area (Å²) in [6.45, 7) is 1.45. The summed E-state index contributed by atoms with van der Waals surface area (Å²) in [6, 6.07) is 5.77. The predicted octanol–water partition coefficient (Wildman–Crippen LogP) is 2.68. The summed E-state index contributed by atoms with van der Waals surface area (Å²) in [5.41, 5.74) is 1.82. The zero-order valence-corrected chi connectivity index (χ0v) is 13.6. The smallest absolute Gasteiger partial charge is 0.220 e. The van der Waals surface area contributed by atoms with Gasteiger partial charge in [0.15, 0.2) is 0 Å².